The average Bonchev–Trinajstić information content (AvgIpc) is 3.10. The van der Waals surface area contributed by atoms with Crippen molar-refractivity contribution in [2.24, 2.45) is 5.92 Å². The van der Waals surface area contributed by atoms with Crippen molar-refractivity contribution in [3.63, 3.8) is 0 Å². The molecule has 11 nitrogen and oxygen atoms in total. The summed E-state index contributed by atoms with van der Waals surface area (Å²) in [5, 5.41) is 8.89. The Hall–Kier alpha value is -4.84. The molecule has 0 aliphatic carbocycles. The van der Waals surface area contributed by atoms with Crippen LogP contribution in [-0.4, -0.2) is 73.0 Å². The summed E-state index contributed by atoms with van der Waals surface area (Å²) in [4.78, 5) is 56.0. The molecule has 1 aliphatic rings. The number of carbonyl (C=O) groups excluding carboxylic acids is 4. The summed E-state index contributed by atoms with van der Waals surface area (Å²) in [6, 6.07) is 15.0. The SMILES string of the molecule is CCCCN1CCOc2ccccc2C(=O)N[C@H](C(=O)N[C@H](C)COc2c(F)cccc2Oc2cccc(Cl)c2)CCC(=O)N[C@@H](CC(C)C)C1=O. The fourth-order valence-electron chi connectivity index (χ4n) is 5.65. The Bertz CT molecular complexity index is 1690. The number of para-hydroxylation sites is 2. The number of rotatable bonds is 12. The Morgan fingerprint density at radius 2 is 1.83 bits per heavy atom. The summed E-state index contributed by atoms with van der Waals surface area (Å²) in [6.45, 7) is 8.40. The van der Waals surface area contributed by atoms with Crippen molar-refractivity contribution in [2.45, 2.75) is 77.9 Å². The maximum absolute atomic E-state index is 14.9. The van der Waals surface area contributed by atoms with Crippen LogP contribution in [0, 0.1) is 11.7 Å². The van der Waals surface area contributed by atoms with Crippen LogP contribution in [0.1, 0.15) is 70.2 Å². The lowest BCUT2D eigenvalue weighted by Crippen LogP contribution is -2.52. The van der Waals surface area contributed by atoms with Crippen molar-refractivity contribution >= 4 is 35.2 Å². The molecule has 0 saturated heterocycles. The van der Waals surface area contributed by atoms with E-state index in [-0.39, 0.29) is 61.5 Å². The van der Waals surface area contributed by atoms with Gasteiger partial charge >= 0.3 is 0 Å². The highest BCUT2D eigenvalue weighted by molar-refractivity contribution is 6.30. The fourth-order valence-corrected chi connectivity index (χ4v) is 5.83. The minimum absolute atomic E-state index is 0.0624. The number of nitrogens with zero attached hydrogens (tertiary/aromatic N) is 1. The van der Waals surface area contributed by atoms with Crippen LogP contribution in [0.15, 0.2) is 66.7 Å². The number of nitrogens with one attached hydrogen (secondary N) is 3. The number of unbranched alkanes of at least 4 members (excludes halogenated alkanes) is 1. The van der Waals surface area contributed by atoms with Gasteiger partial charge in [-0.15, -0.1) is 0 Å². The summed E-state index contributed by atoms with van der Waals surface area (Å²) >= 11 is 6.07. The number of benzene rings is 3. The molecule has 0 spiro atoms. The van der Waals surface area contributed by atoms with Crippen molar-refractivity contribution in [3.05, 3.63) is 83.1 Å². The first-order valence-electron chi connectivity index (χ1n) is 17.7. The Morgan fingerprint density at radius 1 is 1.06 bits per heavy atom. The predicted octanol–water partition coefficient (Wildman–Crippen LogP) is 6.29. The van der Waals surface area contributed by atoms with Gasteiger partial charge in [0.2, 0.25) is 17.7 Å². The Morgan fingerprint density at radius 3 is 2.58 bits per heavy atom. The normalized spacial score (nSPS) is 17.8. The molecular weight excluding hydrogens is 691 g/mol. The van der Waals surface area contributed by atoms with Gasteiger partial charge in [0.1, 0.15) is 36.8 Å². The molecule has 0 aromatic heterocycles. The number of hydrogen-bond acceptors (Lipinski definition) is 7. The molecule has 1 heterocycles. The van der Waals surface area contributed by atoms with Gasteiger partial charge < -0.3 is 35.1 Å². The molecule has 3 aromatic rings. The molecule has 13 heteroatoms. The van der Waals surface area contributed by atoms with E-state index < -0.39 is 41.7 Å². The van der Waals surface area contributed by atoms with Gasteiger partial charge in [-0.1, -0.05) is 63.1 Å². The number of ether oxygens (including phenoxy) is 3. The highest BCUT2D eigenvalue weighted by atomic mass is 35.5. The molecule has 3 N–H and O–H groups in total. The molecule has 0 unspecified atom stereocenters. The van der Waals surface area contributed by atoms with Crippen LogP contribution in [0.25, 0.3) is 0 Å². The van der Waals surface area contributed by atoms with Crippen molar-refractivity contribution in [1.29, 1.82) is 0 Å². The van der Waals surface area contributed by atoms with Gasteiger partial charge in [0, 0.05) is 18.0 Å². The molecule has 0 bridgehead atoms. The lowest BCUT2D eigenvalue weighted by Gasteiger charge is -2.29. The number of hydrogen-bond donors (Lipinski definition) is 3. The zero-order valence-corrected chi connectivity index (χ0v) is 30.8. The Balaban J connectivity index is 1.51. The minimum Gasteiger partial charge on any atom is -0.491 e. The topological polar surface area (TPSA) is 135 Å². The molecule has 52 heavy (non-hydrogen) atoms. The Labute approximate surface area is 309 Å². The van der Waals surface area contributed by atoms with Crippen molar-refractivity contribution < 1.29 is 37.8 Å². The van der Waals surface area contributed by atoms with E-state index in [1.54, 1.807) is 66.4 Å². The molecule has 280 valence electrons. The van der Waals surface area contributed by atoms with Gasteiger partial charge in [0.15, 0.2) is 17.3 Å². The molecule has 0 radical (unpaired) electrons. The zero-order chi connectivity index (χ0) is 37.6. The van der Waals surface area contributed by atoms with E-state index in [1.165, 1.54) is 12.1 Å². The molecule has 0 saturated carbocycles. The molecule has 0 fully saturated rings. The van der Waals surface area contributed by atoms with Crippen LogP contribution in [-0.2, 0) is 14.4 Å². The molecule has 4 rings (SSSR count). The Kier molecular flexibility index (Phi) is 15.1. The average molecular weight is 739 g/mol. The molecule has 3 atom stereocenters. The van der Waals surface area contributed by atoms with Crippen molar-refractivity contribution in [3.8, 4) is 23.0 Å². The summed E-state index contributed by atoms with van der Waals surface area (Å²) in [7, 11) is 0. The highest BCUT2D eigenvalue weighted by Gasteiger charge is 2.30. The summed E-state index contributed by atoms with van der Waals surface area (Å²) in [5.74, 6) is -1.67. The van der Waals surface area contributed by atoms with E-state index in [0.29, 0.717) is 29.5 Å². The van der Waals surface area contributed by atoms with Gasteiger partial charge in [-0.2, -0.15) is 0 Å². The van der Waals surface area contributed by atoms with E-state index in [2.05, 4.69) is 16.0 Å². The largest absolute Gasteiger partial charge is 0.491 e. The second kappa shape index (κ2) is 19.7. The number of fused-ring (bicyclic) bond motifs is 1. The van der Waals surface area contributed by atoms with Crippen molar-refractivity contribution in [1.82, 2.24) is 20.9 Å². The number of amides is 4. The molecule has 4 amide bonds. The second-order valence-corrected chi connectivity index (χ2v) is 13.6. The first kappa shape index (κ1) is 39.9. The summed E-state index contributed by atoms with van der Waals surface area (Å²) in [6.07, 6.45) is 1.89. The third-order valence-corrected chi connectivity index (χ3v) is 8.52. The predicted molar refractivity (Wildman–Crippen MR) is 196 cm³/mol. The lowest BCUT2D eigenvalue weighted by molar-refractivity contribution is -0.137. The van der Waals surface area contributed by atoms with Crippen LogP contribution in [0.5, 0.6) is 23.0 Å². The van der Waals surface area contributed by atoms with Gasteiger partial charge in [-0.25, -0.2) is 4.39 Å². The maximum Gasteiger partial charge on any atom is 0.255 e. The monoisotopic (exact) mass is 738 g/mol. The second-order valence-electron chi connectivity index (χ2n) is 13.2. The molecule has 3 aromatic carbocycles. The van der Waals surface area contributed by atoms with Crippen LogP contribution in [0.4, 0.5) is 4.39 Å². The first-order chi connectivity index (χ1) is 24.9. The van der Waals surface area contributed by atoms with E-state index in [0.717, 1.165) is 12.8 Å². The van der Waals surface area contributed by atoms with Gasteiger partial charge in [-0.3, -0.25) is 19.2 Å². The maximum atomic E-state index is 14.9. The van der Waals surface area contributed by atoms with Crippen LogP contribution in [0.3, 0.4) is 0 Å². The van der Waals surface area contributed by atoms with Crippen LogP contribution < -0.4 is 30.2 Å². The third-order valence-electron chi connectivity index (χ3n) is 8.29. The zero-order valence-electron chi connectivity index (χ0n) is 30.1. The van der Waals surface area contributed by atoms with Gasteiger partial charge in [-0.05, 0) is 74.6 Å². The number of carbonyl (C=O) groups is 4. The van der Waals surface area contributed by atoms with E-state index in [1.807, 2.05) is 20.8 Å². The first-order valence-corrected chi connectivity index (χ1v) is 18.1. The fraction of sp³-hybridized carbons (Fsp3) is 0.436. The van der Waals surface area contributed by atoms with Crippen LogP contribution in [0.2, 0.25) is 5.02 Å². The summed E-state index contributed by atoms with van der Waals surface area (Å²) < 4.78 is 32.5. The summed E-state index contributed by atoms with van der Waals surface area (Å²) in [5.41, 5.74) is 0.201. The van der Waals surface area contributed by atoms with Crippen molar-refractivity contribution in [2.75, 3.05) is 26.3 Å². The highest BCUT2D eigenvalue weighted by Crippen LogP contribution is 2.34. The van der Waals surface area contributed by atoms with E-state index >= 15 is 0 Å². The van der Waals surface area contributed by atoms with Crippen LogP contribution >= 0.6 is 11.6 Å². The standard InChI is InChI=1S/C39H48ClFN4O7/c1-5-6-19-45-20-21-50-33-15-8-7-13-29(33)37(47)44-31(17-18-35(46)43-32(39(45)49)22-25(2)3)38(48)42-26(4)24-51-36-30(41)14-10-16-34(36)52-28-12-9-11-27(40)23-28/h7-16,23,25-26,31-32H,5-6,17-22,24H2,1-4H3,(H,42,48)(H,43,46)(H,44,47)/t26-,31+,32+/m1/s1. The smallest absolute Gasteiger partial charge is 0.255 e. The molecule has 1 aliphatic heterocycles. The van der Waals surface area contributed by atoms with Gasteiger partial charge in [0.25, 0.3) is 5.91 Å². The van der Waals surface area contributed by atoms with E-state index in [9.17, 15) is 23.6 Å². The molecular formula is C39H48ClFN4O7. The van der Waals surface area contributed by atoms with E-state index in [4.69, 9.17) is 25.8 Å². The lowest BCUT2D eigenvalue weighted by atomic mass is 10.0. The number of halogens is 2. The quantitative estimate of drug-likeness (QED) is 0.199. The third kappa shape index (κ3) is 11.9. The minimum atomic E-state index is -1.14. The van der Waals surface area contributed by atoms with Gasteiger partial charge in [0.05, 0.1) is 18.2 Å².